The molecule has 5 nitrogen and oxygen atoms in total. The van der Waals surface area contributed by atoms with Gasteiger partial charge in [-0.25, -0.2) is 0 Å². The van der Waals surface area contributed by atoms with E-state index in [0.29, 0.717) is 23.4 Å². The molecule has 0 unspecified atom stereocenters. The van der Waals surface area contributed by atoms with Gasteiger partial charge in [0.05, 0.1) is 11.5 Å². The van der Waals surface area contributed by atoms with Crippen LogP contribution in [0.15, 0.2) is 29.2 Å². The third-order valence-corrected chi connectivity index (χ3v) is 6.53. The van der Waals surface area contributed by atoms with Gasteiger partial charge in [-0.1, -0.05) is 6.07 Å². The number of esters is 1. The number of carbonyl (C=O) groups excluding carboxylic acids is 1. The maximum Gasteiger partial charge on any atom is 0.318 e. The molecule has 0 N–H and O–H groups in total. The van der Waals surface area contributed by atoms with Gasteiger partial charge < -0.3 is 4.74 Å². The predicted octanol–water partition coefficient (Wildman–Crippen LogP) is 3.12. The van der Waals surface area contributed by atoms with Crippen LogP contribution in [0.4, 0.5) is 0 Å². The molecule has 5 heteroatoms. The first kappa shape index (κ1) is 15.1. The highest BCUT2D eigenvalue weighted by molar-refractivity contribution is 5.79. The van der Waals surface area contributed by atoms with E-state index in [1.807, 2.05) is 19.1 Å². The molecule has 4 bridgehead atoms. The van der Waals surface area contributed by atoms with E-state index in [2.05, 4.69) is 4.98 Å². The molecule has 0 atom stereocenters. The van der Waals surface area contributed by atoms with Crippen LogP contribution < -0.4 is 10.3 Å². The smallest absolute Gasteiger partial charge is 0.318 e. The third kappa shape index (κ3) is 2.32. The number of nitrogens with zero attached hydrogens (tertiary/aromatic N) is 2. The fraction of sp³-hybridized carbons (Fsp3) is 0.550. The summed E-state index contributed by atoms with van der Waals surface area (Å²) < 4.78 is 7.16. The third-order valence-electron chi connectivity index (χ3n) is 6.53. The van der Waals surface area contributed by atoms with E-state index < -0.39 is 0 Å². The monoisotopic (exact) mass is 338 g/mol. The molecule has 4 saturated carbocycles. The first-order valence-electron chi connectivity index (χ1n) is 9.24. The van der Waals surface area contributed by atoms with Crippen molar-refractivity contribution in [3.8, 4) is 5.88 Å². The molecular formula is C20H22N2O3. The van der Waals surface area contributed by atoms with Crippen molar-refractivity contribution in [1.29, 1.82) is 0 Å². The van der Waals surface area contributed by atoms with Gasteiger partial charge in [0.15, 0.2) is 0 Å². The van der Waals surface area contributed by atoms with Crippen LogP contribution in [0.2, 0.25) is 0 Å². The molecule has 4 aliphatic rings. The molecule has 25 heavy (non-hydrogen) atoms. The first-order chi connectivity index (χ1) is 12.0. The molecule has 0 aromatic carbocycles. The molecule has 0 saturated heterocycles. The van der Waals surface area contributed by atoms with E-state index in [4.69, 9.17) is 4.74 Å². The molecule has 130 valence electrons. The number of rotatable bonds is 2. The van der Waals surface area contributed by atoms with Gasteiger partial charge in [0.1, 0.15) is 5.65 Å². The lowest BCUT2D eigenvalue weighted by molar-refractivity contribution is -0.161. The van der Waals surface area contributed by atoms with Crippen LogP contribution in [-0.4, -0.2) is 15.4 Å². The lowest BCUT2D eigenvalue weighted by atomic mass is 9.49. The van der Waals surface area contributed by atoms with E-state index in [0.717, 1.165) is 24.8 Å². The van der Waals surface area contributed by atoms with Crippen molar-refractivity contribution in [2.24, 2.45) is 23.2 Å². The fourth-order valence-corrected chi connectivity index (χ4v) is 5.86. The summed E-state index contributed by atoms with van der Waals surface area (Å²) in [5.74, 6) is 2.00. The van der Waals surface area contributed by atoms with Gasteiger partial charge in [-0.2, -0.15) is 4.98 Å². The van der Waals surface area contributed by atoms with Crippen LogP contribution in [0, 0.1) is 30.1 Å². The van der Waals surface area contributed by atoms with Crippen LogP contribution >= 0.6 is 0 Å². The Morgan fingerprint density at radius 1 is 1.20 bits per heavy atom. The molecule has 2 aromatic rings. The van der Waals surface area contributed by atoms with Gasteiger partial charge in [-0.15, -0.1) is 0 Å². The lowest BCUT2D eigenvalue weighted by Gasteiger charge is -2.55. The van der Waals surface area contributed by atoms with Crippen molar-refractivity contribution >= 4 is 11.6 Å². The van der Waals surface area contributed by atoms with Gasteiger partial charge in [0.25, 0.3) is 5.56 Å². The summed E-state index contributed by atoms with van der Waals surface area (Å²) in [6, 6.07) is 5.03. The molecule has 4 aliphatic carbocycles. The van der Waals surface area contributed by atoms with Crippen LogP contribution in [0.5, 0.6) is 5.88 Å². The number of carbonyl (C=O) groups is 1. The second kappa shape index (κ2) is 5.16. The number of pyridine rings is 1. The Hall–Kier alpha value is -2.17. The Balaban J connectivity index is 1.48. The summed E-state index contributed by atoms with van der Waals surface area (Å²) in [6.45, 7) is 1.90. The summed E-state index contributed by atoms with van der Waals surface area (Å²) in [6.07, 6.45) is 8.36. The number of fused-ring (bicyclic) bond motifs is 1. The molecule has 2 aromatic heterocycles. The van der Waals surface area contributed by atoms with Gasteiger partial charge in [-0.3, -0.25) is 14.0 Å². The molecule has 0 aliphatic heterocycles. The molecule has 4 fully saturated rings. The normalized spacial score (nSPS) is 32.9. The number of aromatic nitrogens is 2. The largest absolute Gasteiger partial charge is 0.407 e. The maximum atomic E-state index is 13.0. The molecule has 2 heterocycles. The highest BCUT2D eigenvalue weighted by Gasteiger charge is 2.55. The van der Waals surface area contributed by atoms with Crippen LogP contribution in [0.3, 0.4) is 0 Å². The van der Waals surface area contributed by atoms with Crippen LogP contribution in [0.25, 0.3) is 5.65 Å². The zero-order chi connectivity index (χ0) is 17.2. The Morgan fingerprint density at radius 3 is 2.48 bits per heavy atom. The second-order valence-corrected chi connectivity index (χ2v) is 8.40. The standard InChI is InChI=1S/C20H22N2O3/c1-12-3-2-4-22-17(23)8-16(21-18(12)22)25-19(24)20-9-13-5-14(10-20)7-15(6-13)11-20/h2-4,8,13-15H,5-7,9-11H2,1H3. The Bertz CT molecular complexity index is 895. The Kier molecular flexibility index (Phi) is 3.12. The highest BCUT2D eigenvalue weighted by atomic mass is 16.5. The predicted molar refractivity (Wildman–Crippen MR) is 92.4 cm³/mol. The van der Waals surface area contributed by atoms with Crippen molar-refractivity contribution in [3.63, 3.8) is 0 Å². The van der Waals surface area contributed by atoms with Crippen LogP contribution in [-0.2, 0) is 4.79 Å². The molecule has 6 rings (SSSR count). The number of ether oxygens (including phenoxy) is 1. The van der Waals surface area contributed by atoms with Gasteiger partial charge in [-0.05, 0) is 74.8 Å². The maximum absolute atomic E-state index is 13.0. The first-order valence-corrected chi connectivity index (χ1v) is 9.24. The molecular weight excluding hydrogens is 316 g/mol. The minimum Gasteiger partial charge on any atom is -0.407 e. The summed E-state index contributed by atoms with van der Waals surface area (Å²) >= 11 is 0. The summed E-state index contributed by atoms with van der Waals surface area (Å²) in [4.78, 5) is 29.8. The number of hydrogen-bond acceptors (Lipinski definition) is 4. The highest BCUT2D eigenvalue weighted by Crippen LogP contribution is 2.60. The zero-order valence-corrected chi connectivity index (χ0v) is 14.4. The van der Waals surface area contributed by atoms with Crippen molar-refractivity contribution in [1.82, 2.24) is 9.38 Å². The number of hydrogen-bond donors (Lipinski definition) is 0. The minimum absolute atomic E-state index is 0.139. The molecule has 0 spiro atoms. The Morgan fingerprint density at radius 2 is 1.84 bits per heavy atom. The lowest BCUT2D eigenvalue weighted by Crippen LogP contribution is -2.51. The fourth-order valence-electron chi connectivity index (χ4n) is 5.86. The van der Waals surface area contributed by atoms with Crippen LogP contribution in [0.1, 0.15) is 44.1 Å². The van der Waals surface area contributed by atoms with Crippen molar-refractivity contribution < 1.29 is 9.53 Å². The summed E-state index contributed by atoms with van der Waals surface area (Å²) in [7, 11) is 0. The average molecular weight is 338 g/mol. The van der Waals surface area contributed by atoms with E-state index in [9.17, 15) is 9.59 Å². The van der Waals surface area contributed by atoms with Gasteiger partial charge in [0, 0.05) is 6.20 Å². The van der Waals surface area contributed by atoms with Gasteiger partial charge >= 0.3 is 5.97 Å². The zero-order valence-electron chi connectivity index (χ0n) is 14.4. The molecule has 0 radical (unpaired) electrons. The van der Waals surface area contributed by atoms with E-state index in [-0.39, 0.29) is 22.8 Å². The van der Waals surface area contributed by atoms with E-state index >= 15 is 0 Å². The average Bonchev–Trinajstić information content (AvgIpc) is 2.55. The van der Waals surface area contributed by atoms with Crippen molar-refractivity contribution in [2.75, 3.05) is 0 Å². The second-order valence-electron chi connectivity index (χ2n) is 8.40. The minimum atomic E-state index is -0.340. The molecule has 0 amide bonds. The quantitative estimate of drug-likeness (QED) is 0.789. The topological polar surface area (TPSA) is 60.7 Å². The summed E-state index contributed by atoms with van der Waals surface area (Å²) in [5.41, 5.74) is 0.866. The SMILES string of the molecule is Cc1cccn2c(=O)cc(OC(=O)C34CC5CC(CC(C5)C3)C4)nc12. The van der Waals surface area contributed by atoms with E-state index in [1.165, 1.54) is 29.7 Å². The Labute approximate surface area is 146 Å². The number of aryl methyl sites for hydroxylation is 1. The van der Waals surface area contributed by atoms with Crippen molar-refractivity contribution in [3.05, 3.63) is 40.3 Å². The van der Waals surface area contributed by atoms with Crippen molar-refractivity contribution in [2.45, 2.75) is 45.4 Å². The van der Waals surface area contributed by atoms with Gasteiger partial charge in [0.2, 0.25) is 5.88 Å². The van der Waals surface area contributed by atoms with E-state index in [1.54, 1.807) is 6.20 Å². The summed E-state index contributed by atoms with van der Waals surface area (Å²) in [5, 5.41) is 0.